The molecule has 0 saturated carbocycles. The number of nitrogens with zero attached hydrogens (tertiary/aromatic N) is 2. The molecule has 0 aliphatic rings. The van der Waals surface area contributed by atoms with Gasteiger partial charge in [0.25, 0.3) is 0 Å². The van der Waals surface area contributed by atoms with Gasteiger partial charge in [-0.05, 0) is 38.5 Å². The van der Waals surface area contributed by atoms with Crippen molar-refractivity contribution < 1.29 is 9.53 Å². The number of rotatable bonds is 4. The van der Waals surface area contributed by atoms with Crippen LogP contribution >= 0.6 is 0 Å². The maximum Gasteiger partial charge on any atom is 0.222 e. The summed E-state index contributed by atoms with van der Waals surface area (Å²) in [4.78, 5) is 20.1. The standard InChI is InChI=1S/C15H17N3O2/c1-4-12-8-15(18-10(3)17-12)20-14-6-5-11(16)7-13(14)9(2)19/h5-8H,4,16H2,1-3H3. The second kappa shape index (κ2) is 5.69. The molecule has 1 heterocycles. The molecule has 1 aromatic carbocycles. The molecule has 0 spiro atoms. The normalized spacial score (nSPS) is 10.3. The van der Waals surface area contributed by atoms with Crippen LogP contribution in [0.2, 0.25) is 0 Å². The Bertz CT molecular complexity index is 654. The number of ketones is 1. The van der Waals surface area contributed by atoms with E-state index in [1.807, 2.05) is 6.92 Å². The fourth-order valence-corrected chi connectivity index (χ4v) is 1.86. The summed E-state index contributed by atoms with van der Waals surface area (Å²) in [7, 11) is 0. The summed E-state index contributed by atoms with van der Waals surface area (Å²) >= 11 is 0. The van der Waals surface area contributed by atoms with Crippen molar-refractivity contribution >= 4 is 11.5 Å². The van der Waals surface area contributed by atoms with Crippen molar-refractivity contribution in [1.29, 1.82) is 0 Å². The smallest absolute Gasteiger partial charge is 0.222 e. The predicted molar refractivity (Wildman–Crippen MR) is 77.1 cm³/mol. The lowest BCUT2D eigenvalue weighted by atomic mass is 10.1. The molecule has 1 aromatic heterocycles. The Morgan fingerprint density at radius 2 is 2.05 bits per heavy atom. The Morgan fingerprint density at radius 1 is 1.30 bits per heavy atom. The second-order valence-electron chi connectivity index (χ2n) is 4.51. The summed E-state index contributed by atoms with van der Waals surface area (Å²) < 4.78 is 5.72. The van der Waals surface area contributed by atoms with Gasteiger partial charge in [0, 0.05) is 17.4 Å². The van der Waals surface area contributed by atoms with E-state index >= 15 is 0 Å². The summed E-state index contributed by atoms with van der Waals surface area (Å²) in [6.45, 7) is 5.29. The highest BCUT2D eigenvalue weighted by atomic mass is 16.5. The number of carbonyl (C=O) groups is 1. The molecule has 0 amide bonds. The Morgan fingerprint density at radius 3 is 2.70 bits per heavy atom. The zero-order valence-corrected chi connectivity index (χ0v) is 11.8. The number of hydrogen-bond donors (Lipinski definition) is 1. The zero-order chi connectivity index (χ0) is 14.7. The van der Waals surface area contributed by atoms with Crippen LogP contribution in [-0.4, -0.2) is 15.8 Å². The second-order valence-corrected chi connectivity index (χ2v) is 4.51. The van der Waals surface area contributed by atoms with Crippen molar-refractivity contribution in [2.45, 2.75) is 27.2 Å². The maximum atomic E-state index is 11.6. The van der Waals surface area contributed by atoms with Gasteiger partial charge in [-0.25, -0.2) is 4.98 Å². The molecule has 0 bridgehead atoms. The molecule has 2 rings (SSSR count). The molecule has 2 aromatic rings. The number of ether oxygens (including phenoxy) is 1. The zero-order valence-electron chi connectivity index (χ0n) is 11.8. The van der Waals surface area contributed by atoms with Crippen LogP contribution < -0.4 is 10.5 Å². The molecule has 0 fully saturated rings. The van der Waals surface area contributed by atoms with E-state index in [9.17, 15) is 4.79 Å². The van der Waals surface area contributed by atoms with Crippen LogP contribution in [0.4, 0.5) is 5.69 Å². The number of nitrogens with two attached hydrogens (primary N) is 1. The van der Waals surface area contributed by atoms with Crippen LogP contribution in [0.3, 0.4) is 0 Å². The van der Waals surface area contributed by atoms with E-state index in [1.165, 1.54) is 6.92 Å². The minimum atomic E-state index is -0.103. The largest absolute Gasteiger partial charge is 0.438 e. The third kappa shape index (κ3) is 3.12. The molecule has 2 N–H and O–H groups in total. The number of benzene rings is 1. The molecule has 0 aliphatic carbocycles. The van der Waals surface area contributed by atoms with Crippen LogP contribution in [0.5, 0.6) is 11.6 Å². The van der Waals surface area contributed by atoms with Gasteiger partial charge in [0.15, 0.2) is 5.78 Å². The van der Waals surface area contributed by atoms with E-state index in [0.717, 1.165) is 12.1 Å². The number of aromatic nitrogens is 2. The summed E-state index contributed by atoms with van der Waals surface area (Å²) in [6.07, 6.45) is 0.793. The fourth-order valence-electron chi connectivity index (χ4n) is 1.86. The Kier molecular flexibility index (Phi) is 3.98. The third-order valence-electron chi connectivity index (χ3n) is 2.83. The first-order chi connectivity index (χ1) is 9.49. The summed E-state index contributed by atoms with van der Waals surface area (Å²) in [6, 6.07) is 6.74. The molecule has 0 radical (unpaired) electrons. The molecule has 20 heavy (non-hydrogen) atoms. The van der Waals surface area contributed by atoms with Crippen molar-refractivity contribution in [3.63, 3.8) is 0 Å². The first-order valence-corrected chi connectivity index (χ1v) is 6.42. The molecule has 5 nitrogen and oxygen atoms in total. The predicted octanol–water partition coefficient (Wildman–Crippen LogP) is 2.92. The van der Waals surface area contributed by atoms with E-state index in [1.54, 1.807) is 31.2 Å². The van der Waals surface area contributed by atoms with Crippen molar-refractivity contribution in [3.8, 4) is 11.6 Å². The Balaban J connectivity index is 2.39. The van der Waals surface area contributed by atoms with E-state index in [0.29, 0.717) is 28.7 Å². The van der Waals surface area contributed by atoms with Crippen LogP contribution in [0, 0.1) is 6.92 Å². The van der Waals surface area contributed by atoms with Gasteiger partial charge in [-0.3, -0.25) is 4.79 Å². The van der Waals surface area contributed by atoms with Gasteiger partial charge < -0.3 is 10.5 Å². The fraction of sp³-hybridized carbons (Fsp3) is 0.267. The first kappa shape index (κ1) is 14.0. The van der Waals surface area contributed by atoms with E-state index < -0.39 is 0 Å². The van der Waals surface area contributed by atoms with Gasteiger partial charge in [-0.1, -0.05) is 6.92 Å². The van der Waals surface area contributed by atoms with Crippen LogP contribution in [0.15, 0.2) is 24.3 Å². The lowest BCUT2D eigenvalue weighted by Gasteiger charge is -2.10. The number of nitrogen functional groups attached to an aromatic ring is 1. The molecule has 0 saturated heterocycles. The molecule has 0 aliphatic heterocycles. The topological polar surface area (TPSA) is 78.1 Å². The molecule has 0 atom stereocenters. The lowest BCUT2D eigenvalue weighted by Crippen LogP contribution is -2.02. The number of hydrogen-bond acceptors (Lipinski definition) is 5. The number of Topliss-reactive ketones (excluding diaryl/α,β-unsaturated/α-hetero) is 1. The van der Waals surface area contributed by atoms with Gasteiger partial charge in [0.05, 0.1) is 5.56 Å². The lowest BCUT2D eigenvalue weighted by molar-refractivity contribution is 0.101. The molecular formula is C15H17N3O2. The van der Waals surface area contributed by atoms with Gasteiger partial charge >= 0.3 is 0 Å². The minimum Gasteiger partial charge on any atom is -0.438 e. The van der Waals surface area contributed by atoms with Crippen molar-refractivity contribution in [1.82, 2.24) is 9.97 Å². The first-order valence-electron chi connectivity index (χ1n) is 6.42. The van der Waals surface area contributed by atoms with Gasteiger partial charge in [-0.2, -0.15) is 4.98 Å². The highest BCUT2D eigenvalue weighted by Gasteiger charge is 2.11. The molecular weight excluding hydrogens is 254 g/mol. The average Bonchev–Trinajstić information content (AvgIpc) is 2.40. The van der Waals surface area contributed by atoms with E-state index in [4.69, 9.17) is 10.5 Å². The maximum absolute atomic E-state index is 11.6. The van der Waals surface area contributed by atoms with Crippen molar-refractivity contribution in [2.75, 3.05) is 5.73 Å². The Hall–Kier alpha value is -2.43. The number of anilines is 1. The molecule has 104 valence electrons. The Labute approximate surface area is 117 Å². The van der Waals surface area contributed by atoms with Crippen LogP contribution in [0.1, 0.15) is 35.7 Å². The van der Waals surface area contributed by atoms with Crippen molar-refractivity contribution in [2.24, 2.45) is 0 Å². The van der Waals surface area contributed by atoms with E-state index in [-0.39, 0.29) is 5.78 Å². The van der Waals surface area contributed by atoms with Gasteiger partial charge in [0.1, 0.15) is 11.6 Å². The highest BCUT2D eigenvalue weighted by molar-refractivity contribution is 5.97. The van der Waals surface area contributed by atoms with E-state index in [2.05, 4.69) is 9.97 Å². The number of carbonyl (C=O) groups excluding carboxylic acids is 1. The summed E-state index contributed by atoms with van der Waals surface area (Å²) in [5, 5.41) is 0. The highest BCUT2D eigenvalue weighted by Crippen LogP contribution is 2.27. The SMILES string of the molecule is CCc1cc(Oc2ccc(N)cc2C(C)=O)nc(C)n1. The third-order valence-corrected chi connectivity index (χ3v) is 2.83. The quantitative estimate of drug-likeness (QED) is 0.683. The van der Waals surface area contributed by atoms with Crippen molar-refractivity contribution in [3.05, 3.63) is 41.3 Å². The summed E-state index contributed by atoms with van der Waals surface area (Å²) in [5.74, 6) is 1.42. The average molecular weight is 271 g/mol. The van der Waals surface area contributed by atoms with Crippen LogP contribution in [-0.2, 0) is 6.42 Å². The van der Waals surface area contributed by atoms with Gasteiger partial charge in [-0.15, -0.1) is 0 Å². The van der Waals surface area contributed by atoms with Crippen LogP contribution in [0.25, 0.3) is 0 Å². The monoisotopic (exact) mass is 271 g/mol. The van der Waals surface area contributed by atoms with Gasteiger partial charge in [0.2, 0.25) is 5.88 Å². The molecule has 5 heteroatoms. The molecule has 0 unspecified atom stereocenters. The minimum absolute atomic E-state index is 0.103. The summed E-state index contributed by atoms with van der Waals surface area (Å²) in [5.41, 5.74) is 7.56. The number of aryl methyl sites for hydroxylation is 2.